The molecule has 1 aliphatic heterocycles. The number of rotatable bonds is 6. The molecule has 1 aliphatic rings. The van der Waals surface area contributed by atoms with Crippen LogP contribution in [-0.4, -0.2) is 36.5 Å². The Balaban J connectivity index is 0.00000242. The number of hydrogen-bond acceptors (Lipinski definition) is 3. The van der Waals surface area contributed by atoms with Gasteiger partial charge in [0.25, 0.3) is 0 Å². The number of hydrogen-bond donors (Lipinski definition) is 1. The Morgan fingerprint density at radius 2 is 2.18 bits per heavy atom. The first-order valence-electron chi connectivity index (χ1n) is 7.85. The van der Waals surface area contributed by atoms with Crippen LogP contribution in [0.1, 0.15) is 38.2 Å². The van der Waals surface area contributed by atoms with Gasteiger partial charge in [-0.3, -0.25) is 4.79 Å². The van der Waals surface area contributed by atoms with Gasteiger partial charge in [-0.25, -0.2) is 0 Å². The summed E-state index contributed by atoms with van der Waals surface area (Å²) in [5, 5.41) is 0. The van der Waals surface area contributed by atoms with Gasteiger partial charge in [-0.15, -0.1) is 12.4 Å². The molecule has 5 heteroatoms. The summed E-state index contributed by atoms with van der Waals surface area (Å²) >= 11 is 0. The molecular weight excluding hydrogens is 300 g/mol. The predicted molar refractivity (Wildman–Crippen MR) is 91.6 cm³/mol. The van der Waals surface area contributed by atoms with E-state index in [4.69, 9.17) is 10.5 Å². The van der Waals surface area contributed by atoms with Crippen molar-refractivity contribution in [3.63, 3.8) is 0 Å². The molecule has 2 unspecified atom stereocenters. The summed E-state index contributed by atoms with van der Waals surface area (Å²) in [6, 6.07) is 7.93. The van der Waals surface area contributed by atoms with Gasteiger partial charge in [-0.05, 0) is 37.3 Å². The van der Waals surface area contributed by atoms with Gasteiger partial charge in [0.2, 0.25) is 5.91 Å². The molecule has 0 saturated carbocycles. The van der Waals surface area contributed by atoms with E-state index >= 15 is 0 Å². The van der Waals surface area contributed by atoms with E-state index < -0.39 is 0 Å². The van der Waals surface area contributed by atoms with Crippen molar-refractivity contribution in [2.75, 3.05) is 13.7 Å². The lowest BCUT2D eigenvalue weighted by atomic mass is 10.0. The molecule has 2 rings (SSSR count). The summed E-state index contributed by atoms with van der Waals surface area (Å²) in [5.74, 6) is 1.00. The minimum atomic E-state index is -0.353. The van der Waals surface area contributed by atoms with Crippen LogP contribution in [0.2, 0.25) is 0 Å². The zero-order valence-electron chi connectivity index (χ0n) is 13.5. The van der Waals surface area contributed by atoms with E-state index in [0.717, 1.165) is 50.0 Å². The summed E-state index contributed by atoms with van der Waals surface area (Å²) in [6.45, 7) is 2.89. The highest BCUT2D eigenvalue weighted by atomic mass is 35.5. The zero-order valence-corrected chi connectivity index (χ0v) is 14.3. The molecule has 1 amide bonds. The van der Waals surface area contributed by atoms with Crippen molar-refractivity contribution in [1.82, 2.24) is 4.90 Å². The number of carbonyl (C=O) groups excluding carboxylic acids is 1. The van der Waals surface area contributed by atoms with Crippen LogP contribution in [-0.2, 0) is 11.2 Å². The predicted octanol–water partition coefficient (Wildman–Crippen LogP) is 2.78. The zero-order chi connectivity index (χ0) is 15.2. The third-order valence-electron chi connectivity index (χ3n) is 4.23. The third kappa shape index (κ3) is 4.37. The number of benzene rings is 1. The van der Waals surface area contributed by atoms with Crippen molar-refractivity contribution in [2.45, 2.75) is 51.1 Å². The van der Waals surface area contributed by atoms with Crippen LogP contribution < -0.4 is 10.5 Å². The molecular formula is C17H27ClN2O2. The lowest BCUT2D eigenvalue weighted by Gasteiger charge is -2.28. The van der Waals surface area contributed by atoms with E-state index in [0.29, 0.717) is 0 Å². The quantitative estimate of drug-likeness (QED) is 0.874. The van der Waals surface area contributed by atoms with Crippen LogP contribution in [0.5, 0.6) is 5.75 Å². The first kappa shape index (κ1) is 18.8. The van der Waals surface area contributed by atoms with Crippen molar-refractivity contribution < 1.29 is 9.53 Å². The molecule has 0 aliphatic carbocycles. The summed E-state index contributed by atoms with van der Waals surface area (Å²) in [7, 11) is 1.69. The first-order valence-corrected chi connectivity index (χ1v) is 7.85. The lowest BCUT2D eigenvalue weighted by Crippen LogP contribution is -2.46. The molecule has 1 aromatic carbocycles. The largest absolute Gasteiger partial charge is 0.496 e. The Labute approximate surface area is 139 Å². The van der Waals surface area contributed by atoms with Crippen LogP contribution >= 0.6 is 12.4 Å². The highest BCUT2D eigenvalue weighted by molar-refractivity contribution is 5.85. The van der Waals surface area contributed by atoms with Gasteiger partial charge < -0.3 is 15.4 Å². The van der Waals surface area contributed by atoms with E-state index in [9.17, 15) is 4.79 Å². The smallest absolute Gasteiger partial charge is 0.239 e. The molecule has 0 aromatic heterocycles. The SMILES string of the molecule is CCCC(N)C(=O)N1CCCC1Cc1ccccc1OC.Cl. The second kappa shape index (κ2) is 9.01. The number of methoxy groups -OCH3 is 1. The minimum Gasteiger partial charge on any atom is -0.496 e. The topological polar surface area (TPSA) is 55.6 Å². The number of nitrogens with zero attached hydrogens (tertiary/aromatic N) is 1. The Morgan fingerprint density at radius 1 is 1.45 bits per heavy atom. The number of carbonyl (C=O) groups is 1. The Morgan fingerprint density at radius 3 is 2.86 bits per heavy atom. The molecule has 1 fully saturated rings. The number of ether oxygens (including phenoxy) is 1. The number of amides is 1. The Bertz CT molecular complexity index is 481. The van der Waals surface area contributed by atoms with Crippen molar-refractivity contribution >= 4 is 18.3 Å². The van der Waals surface area contributed by atoms with Crippen molar-refractivity contribution in [1.29, 1.82) is 0 Å². The fourth-order valence-corrected chi connectivity index (χ4v) is 3.11. The standard InChI is InChI=1S/C17H26N2O2.ClH/c1-3-7-15(18)17(20)19-11-6-9-14(19)12-13-8-4-5-10-16(13)21-2;/h4-5,8,10,14-15H,3,6-7,9,11-12,18H2,1-2H3;1H. The molecule has 2 atom stereocenters. The summed E-state index contributed by atoms with van der Waals surface area (Å²) < 4.78 is 5.41. The van der Waals surface area contributed by atoms with Gasteiger partial charge in [0.15, 0.2) is 0 Å². The molecule has 1 heterocycles. The normalized spacial score (nSPS) is 18.7. The van der Waals surface area contributed by atoms with Gasteiger partial charge in [0.05, 0.1) is 13.2 Å². The summed E-state index contributed by atoms with van der Waals surface area (Å²) in [6.07, 6.45) is 4.65. The first-order chi connectivity index (χ1) is 10.2. The fourth-order valence-electron chi connectivity index (χ4n) is 3.11. The maximum absolute atomic E-state index is 12.5. The number of halogens is 1. The van der Waals surface area contributed by atoms with Crippen LogP contribution in [0.25, 0.3) is 0 Å². The molecule has 124 valence electrons. The van der Waals surface area contributed by atoms with E-state index in [1.54, 1.807) is 7.11 Å². The van der Waals surface area contributed by atoms with Gasteiger partial charge in [-0.2, -0.15) is 0 Å². The minimum absolute atomic E-state index is 0. The molecule has 2 N–H and O–H groups in total. The van der Waals surface area contributed by atoms with E-state index in [1.165, 1.54) is 0 Å². The second-order valence-electron chi connectivity index (χ2n) is 5.74. The average molecular weight is 327 g/mol. The number of likely N-dealkylation sites (tertiary alicyclic amines) is 1. The lowest BCUT2D eigenvalue weighted by molar-refractivity contribution is -0.133. The monoisotopic (exact) mass is 326 g/mol. The Kier molecular flexibility index (Phi) is 7.69. The highest BCUT2D eigenvalue weighted by Gasteiger charge is 2.31. The maximum Gasteiger partial charge on any atom is 0.239 e. The molecule has 0 spiro atoms. The van der Waals surface area contributed by atoms with Crippen LogP contribution in [0, 0.1) is 0 Å². The maximum atomic E-state index is 12.5. The number of nitrogens with two attached hydrogens (primary N) is 1. The van der Waals surface area contributed by atoms with E-state index in [-0.39, 0.29) is 30.4 Å². The van der Waals surface area contributed by atoms with E-state index in [1.807, 2.05) is 23.1 Å². The van der Waals surface area contributed by atoms with Gasteiger partial charge >= 0.3 is 0 Å². The van der Waals surface area contributed by atoms with Crippen LogP contribution in [0.15, 0.2) is 24.3 Å². The second-order valence-corrected chi connectivity index (χ2v) is 5.74. The van der Waals surface area contributed by atoms with Crippen LogP contribution in [0.4, 0.5) is 0 Å². The highest BCUT2D eigenvalue weighted by Crippen LogP contribution is 2.26. The summed E-state index contributed by atoms with van der Waals surface area (Å²) in [4.78, 5) is 14.4. The van der Waals surface area contributed by atoms with Crippen LogP contribution in [0.3, 0.4) is 0 Å². The molecule has 0 radical (unpaired) electrons. The third-order valence-corrected chi connectivity index (χ3v) is 4.23. The molecule has 0 bridgehead atoms. The van der Waals surface area contributed by atoms with Gasteiger partial charge in [-0.1, -0.05) is 31.5 Å². The van der Waals surface area contributed by atoms with Gasteiger partial charge in [0, 0.05) is 12.6 Å². The molecule has 22 heavy (non-hydrogen) atoms. The molecule has 1 aromatic rings. The number of para-hydroxylation sites is 1. The van der Waals surface area contributed by atoms with Crippen molar-refractivity contribution in [3.8, 4) is 5.75 Å². The fraction of sp³-hybridized carbons (Fsp3) is 0.588. The van der Waals surface area contributed by atoms with Crippen molar-refractivity contribution in [3.05, 3.63) is 29.8 Å². The summed E-state index contributed by atoms with van der Waals surface area (Å²) in [5.41, 5.74) is 7.16. The molecule has 4 nitrogen and oxygen atoms in total. The van der Waals surface area contributed by atoms with Gasteiger partial charge in [0.1, 0.15) is 5.75 Å². The Hall–Kier alpha value is -1.26. The average Bonchev–Trinajstić information content (AvgIpc) is 2.95. The molecule has 1 saturated heterocycles. The van der Waals surface area contributed by atoms with Crippen molar-refractivity contribution in [2.24, 2.45) is 5.73 Å². The van der Waals surface area contributed by atoms with E-state index in [2.05, 4.69) is 13.0 Å².